The molecule has 1 aliphatic rings. The Bertz CT molecular complexity index is 534. The minimum Gasteiger partial charge on any atom is -0.381 e. The molecule has 1 heterocycles. The van der Waals surface area contributed by atoms with Gasteiger partial charge < -0.3 is 5.32 Å². The molecular weight excluding hydrogens is 250 g/mol. The Kier molecular flexibility index (Phi) is 3.71. The molecule has 0 radical (unpaired) electrons. The summed E-state index contributed by atoms with van der Waals surface area (Å²) < 4.78 is 23.0. The molecule has 1 unspecified atom stereocenters. The molecule has 1 aliphatic heterocycles. The van der Waals surface area contributed by atoms with Gasteiger partial charge in [0.2, 0.25) is 0 Å². The minimum absolute atomic E-state index is 0.0214. The first-order chi connectivity index (χ1) is 8.46. The van der Waals surface area contributed by atoms with Crippen LogP contribution in [0.5, 0.6) is 0 Å². The lowest BCUT2D eigenvalue weighted by molar-refractivity contribution is 0.101. The zero-order valence-electron chi connectivity index (χ0n) is 10.3. The van der Waals surface area contributed by atoms with Crippen LogP contribution in [0.2, 0.25) is 0 Å². The van der Waals surface area contributed by atoms with Crippen molar-refractivity contribution in [2.24, 2.45) is 0 Å². The third-order valence-electron chi connectivity index (χ3n) is 3.13. The third-order valence-corrected chi connectivity index (χ3v) is 4.95. The van der Waals surface area contributed by atoms with Crippen LogP contribution in [0.15, 0.2) is 24.3 Å². The summed E-state index contributed by atoms with van der Waals surface area (Å²) in [5, 5.41) is 3.21. The lowest BCUT2D eigenvalue weighted by atomic mass is 10.1. The summed E-state index contributed by atoms with van der Waals surface area (Å²) in [7, 11) is -2.89. The average molecular weight is 267 g/mol. The zero-order valence-corrected chi connectivity index (χ0v) is 11.2. The molecule has 4 nitrogen and oxygen atoms in total. The zero-order chi connectivity index (χ0) is 13.2. The van der Waals surface area contributed by atoms with Crippen LogP contribution in [0.25, 0.3) is 0 Å². The van der Waals surface area contributed by atoms with Crippen molar-refractivity contribution in [2.45, 2.75) is 25.8 Å². The number of benzene rings is 1. The molecule has 0 saturated carbocycles. The summed E-state index contributed by atoms with van der Waals surface area (Å²) in [5.74, 6) is 0.525. The number of ketones is 1. The summed E-state index contributed by atoms with van der Waals surface area (Å²) in [6.45, 7) is 1.52. The van der Waals surface area contributed by atoms with Crippen LogP contribution < -0.4 is 5.32 Å². The van der Waals surface area contributed by atoms with Crippen LogP contribution in [-0.2, 0) is 9.84 Å². The van der Waals surface area contributed by atoms with E-state index >= 15 is 0 Å². The molecule has 18 heavy (non-hydrogen) atoms. The molecule has 1 atom stereocenters. The summed E-state index contributed by atoms with van der Waals surface area (Å²) in [5.41, 5.74) is 1.53. The van der Waals surface area contributed by atoms with Gasteiger partial charge in [0, 0.05) is 17.3 Å². The number of anilines is 1. The Morgan fingerprint density at radius 2 is 1.94 bits per heavy atom. The van der Waals surface area contributed by atoms with Crippen molar-refractivity contribution in [2.75, 3.05) is 16.8 Å². The van der Waals surface area contributed by atoms with E-state index in [1.807, 2.05) is 12.1 Å². The molecule has 0 aromatic heterocycles. The highest BCUT2D eigenvalue weighted by atomic mass is 32.2. The van der Waals surface area contributed by atoms with Crippen LogP contribution >= 0.6 is 0 Å². The monoisotopic (exact) mass is 267 g/mol. The molecule has 1 fully saturated rings. The predicted octanol–water partition coefficient (Wildman–Crippen LogP) is 1.88. The van der Waals surface area contributed by atoms with Crippen LogP contribution in [0.3, 0.4) is 0 Å². The van der Waals surface area contributed by atoms with Gasteiger partial charge in [0.25, 0.3) is 0 Å². The Labute approximate surface area is 107 Å². The van der Waals surface area contributed by atoms with Crippen LogP contribution in [0.4, 0.5) is 5.69 Å². The van der Waals surface area contributed by atoms with Gasteiger partial charge in [-0.1, -0.05) is 0 Å². The number of Topliss-reactive ketones (excluding diaryl/α,β-unsaturated/α-hetero) is 1. The molecule has 1 aromatic carbocycles. The van der Waals surface area contributed by atoms with E-state index in [0.717, 1.165) is 12.1 Å². The molecule has 1 saturated heterocycles. The van der Waals surface area contributed by atoms with Gasteiger partial charge in [-0.25, -0.2) is 8.42 Å². The highest BCUT2D eigenvalue weighted by Gasteiger charge is 2.24. The smallest absolute Gasteiger partial charge is 0.159 e. The van der Waals surface area contributed by atoms with Crippen LogP contribution in [0.1, 0.15) is 30.1 Å². The summed E-state index contributed by atoms with van der Waals surface area (Å²) >= 11 is 0. The van der Waals surface area contributed by atoms with E-state index in [1.165, 1.54) is 6.92 Å². The van der Waals surface area contributed by atoms with Gasteiger partial charge in [-0.2, -0.15) is 0 Å². The van der Waals surface area contributed by atoms with Crippen molar-refractivity contribution >= 4 is 21.3 Å². The Morgan fingerprint density at radius 1 is 1.28 bits per heavy atom. The van der Waals surface area contributed by atoms with E-state index in [2.05, 4.69) is 5.32 Å². The number of carbonyl (C=O) groups is 1. The van der Waals surface area contributed by atoms with E-state index in [0.29, 0.717) is 17.7 Å². The lowest BCUT2D eigenvalue weighted by Crippen LogP contribution is -2.34. The van der Waals surface area contributed by atoms with Gasteiger partial charge in [-0.05, 0) is 44.0 Å². The fourth-order valence-corrected chi connectivity index (χ4v) is 3.81. The number of hydrogen-bond donors (Lipinski definition) is 1. The summed E-state index contributed by atoms with van der Waals surface area (Å²) in [6.07, 6.45) is 1.58. The number of carbonyl (C=O) groups excluding carboxylic acids is 1. The first-order valence-corrected chi connectivity index (χ1v) is 7.86. The lowest BCUT2D eigenvalue weighted by Gasteiger charge is -2.24. The predicted molar refractivity (Wildman–Crippen MR) is 71.7 cm³/mol. The second-order valence-electron chi connectivity index (χ2n) is 4.73. The van der Waals surface area contributed by atoms with Crippen molar-refractivity contribution < 1.29 is 13.2 Å². The molecule has 98 valence electrons. The summed E-state index contributed by atoms with van der Waals surface area (Å²) in [4.78, 5) is 11.1. The number of hydrogen-bond acceptors (Lipinski definition) is 4. The Balaban J connectivity index is 2.03. The minimum atomic E-state index is -2.89. The molecule has 0 aliphatic carbocycles. The van der Waals surface area contributed by atoms with Gasteiger partial charge in [0.1, 0.15) is 0 Å². The van der Waals surface area contributed by atoms with Crippen molar-refractivity contribution in [1.82, 2.24) is 0 Å². The van der Waals surface area contributed by atoms with E-state index in [1.54, 1.807) is 12.1 Å². The molecule has 0 spiro atoms. The normalized spacial score (nSPS) is 22.4. The van der Waals surface area contributed by atoms with Gasteiger partial charge in [-0.15, -0.1) is 0 Å². The van der Waals surface area contributed by atoms with Crippen molar-refractivity contribution in [3.8, 4) is 0 Å². The maximum Gasteiger partial charge on any atom is 0.159 e. The van der Waals surface area contributed by atoms with Gasteiger partial charge in [0.15, 0.2) is 15.6 Å². The number of rotatable bonds is 3. The second-order valence-corrected chi connectivity index (χ2v) is 6.96. The van der Waals surface area contributed by atoms with Crippen molar-refractivity contribution in [1.29, 1.82) is 0 Å². The van der Waals surface area contributed by atoms with Crippen LogP contribution in [-0.4, -0.2) is 31.7 Å². The first kappa shape index (κ1) is 13.1. The fourth-order valence-electron chi connectivity index (χ4n) is 2.17. The molecular formula is C13H17NO3S. The molecule has 1 aromatic rings. The van der Waals surface area contributed by atoms with Gasteiger partial charge in [-0.3, -0.25) is 4.79 Å². The van der Waals surface area contributed by atoms with Gasteiger partial charge in [0.05, 0.1) is 11.5 Å². The molecule has 0 bridgehead atoms. The van der Waals surface area contributed by atoms with Crippen LogP contribution in [0, 0.1) is 0 Å². The third kappa shape index (κ3) is 3.32. The van der Waals surface area contributed by atoms with Crippen molar-refractivity contribution in [3.63, 3.8) is 0 Å². The standard InChI is InChI=1S/C13H17NO3S/c1-10(15)11-4-6-12(7-5-11)14-13-3-2-8-18(16,17)9-13/h4-7,13-14H,2-3,8-9H2,1H3. The first-order valence-electron chi connectivity index (χ1n) is 6.04. The number of sulfone groups is 1. The van der Waals surface area contributed by atoms with E-state index in [4.69, 9.17) is 0 Å². The topological polar surface area (TPSA) is 63.2 Å². The van der Waals surface area contributed by atoms with Crippen molar-refractivity contribution in [3.05, 3.63) is 29.8 Å². The quantitative estimate of drug-likeness (QED) is 0.849. The maximum atomic E-state index is 11.5. The van der Waals surface area contributed by atoms with Gasteiger partial charge >= 0.3 is 0 Å². The average Bonchev–Trinajstić information content (AvgIpc) is 2.28. The Hall–Kier alpha value is -1.36. The maximum absolute atomic E-state index is 11.5. The molecule has 5 heteroatoms. The number of nitrogens with one attached hydrogen (secondary N) is 1. The fraction of sp³-hybridized carbons (Fsp3) is 0.462. The molecule has 2 rings (SSSR count). The largest absolute Gasteiger partial charge is 0.381 e. The SMILES string of the molecule is CC(=O)c1ccc(NC2CCCS(=O)(=O)C2)cc1. The van der Waals surface area contributed by atoms with E-state index in [-0.39, 0.29) is 17.6 Å². The molecule has 1 N–H and O–H groups in total. The Morgan fingerprint density at radius 3 is 2.50 bits per heavy atom. The summed E-state index contributed by atoms with van der Waals surface area (Å²) in [6, 6.07) is 7.12. The molecule has 0 amide bonds. The highest BCUT2D eigenvalue weighted by molar-refractivity contribution is 7.91. The second kappa shape index (κ2) is 5.10. The van der Waals surface area contributed by atoms with E-state index < -0.39 is 9.84 Å². The van der Waals surface area contributed by atoms with E-state index in [9.17, 15) is 13.2 Å². The highest BCUT2D eigenvalue weighted by Crippen LogP contribution is 2.18.